The molecule has 1 N–H and O–H groups in total. The quantitative estimate of drug-likeness (QED) is 0.553. The molecule has 0 saturated carbocycles. The van der Waals surface area contributed by atoms with Crippen molar-refractivity contribution in [1.82, 2.24) is 5.32 Å². The summed E-state index contributed by atoms with van der Waals surface area (Å²) in [6.45, 7) is 8.50. The van der Waals surface area contributed by atoms with Crippen LogP contribution < -0.4 is 5.32 Å². The van der Waals surface area contributed by atoms with Gasteiger partial charge in [-0.3, -0.25) is 5.32 Å². The van der Waals surface area contributed by atoms with E-state index < -0.39 is 0 Å². The second-order valence-corrected chi connectivity index (χ2v) is 3.82. The zero-order valence-corrected chi connectivity index (χ0v) is 7.11. The maximum Gasteiger partial charge on any atom is 0.105 e. The van der Waals surface area contributed by atoms with Gasteiger partial charge in [-0.25, -0.2) is 0 Å². The Kier molecular flexibility index (Phi) is 2.32. The molecule has 1 atom stereocenters. The molecule has 0 aliphatic carbocycles. The van der Waals surface area contributed by atoms with E-state index >= 15 is 0 Å². The zero-order chi connectivity index (χ0) is 7.61. The summed E-state index contributed by atoms with van der Waals surface area (Å²) in [4.78, 5) is 0. The van der Waals surface area contributed by atoms with Crippen molar-refractivity contribution in [2.24, 2.45) is 5.41 Å². The van der Waals surface area contributed by atoms with E-state index in [0.717, 1.165) is 13.2 Å². The van der Waals surface area contributed by atoms with Gasteiger partial charge < -0.3 is 4.74 Å². The van der Waals surface area contributed by atoms with Crippen molar-refractivity contribution in [3.63, 3.8) is 0 Å². The van der Waals surface area contributed by atoms with Crippen molar-refractivity contribution in [2.75, 3.05) is 13.2 Å². The molecular formula is C8H17NO. The van der Waals surface area contributed by atoms with E-state index in [4.69, 9.17) is 4.74 Å². The molecule has 60 valence electrons. The lowest BCUT2D eigenvalue weighted by Crippen LogP contribution is -2.26. The van der Waals surface area contributed by atoms with Crippen molar-refractivity contribution in [1.29, 1.82) is 0 Å². The molecule has 2 heteroatoms. The number of rotatable bonds is 0. The van der Waals surface area contributed by atoms with Crippen LogP contribution in [0.4, 0.5) is 0 Å². The summed E-state index contributed by atoms with van der Waals surface area (Å²) in [6, 6.07) is 0. The molecule has 2 nitrogen and oxygen atoms in total. The summed E-state index contributed by atoms with van der Waals surface area (Å²) in [5, 5.41) is 3.28. The average molecular weight is 143 g/mol. The lowest BCUT2D eigenvalue weighted by molar-refractivity contribution is 0.0175. The average Bonchev–Trinajstić information content (AvgIpc) is 1.94. The molecule has 10 heavy (non-hydrogen) atoms. The van der Waals surface area contributed by atoms with E-state index in [9.17, 15) is 0 Å². The summed E-state index contributed by atoms with van der Waals surface area (Å²) in [5.74, 6) is 0. The Hall–Kier alpha value is -0.0800. The van der Waals surface area contributed by atoms with Gasteiger partial charge in [0.2, 0.25) is 0 Å². The third-order valence-corrected chi connectivity index (χ3v) is 1.96. The highest BCUT2D eigenvalue weighted by Crippen LogP contribution is 2.22. The minimum absolute atomic E-state index is 0.238. The molecule has 0 bridgehead atoms. The first kappa shape index (κ1) is 8.02. The molecule has 1 aliphatic heterocycles. The van der Waals surface area contributed by atoms with Crippen LogP contribution in [0.1, 0.15) is 27.2 Å². The number of hydrogen-bond acceptors (Lipinski definition) is 2. The molecular weight excluding hydrogens is 126 g/mol. The van der Waals surface area contributed by atoms with Gasteiger partial charge in [-0.15, -0.1) is 0 Å². The lowest BCUT2D eigenvalue weighted by Gasteiger charge is -2.20. The normalized spacial score (nSPS) is 33.3. The van der Waals surface area contributed by atoms with E-state index in [1.165, 1.54) is 6.42 Å². The van der Waals surface area contributed by atoms with Gasteiger partial charge in [0.1, 0.15) is 6.23 Å². The fraction of sp³-hybridized carbons (Fsp3) is 1.00. The van der Waals surface area contributed by atoms with Crippen LogP contribution in [-0.4, -0.2) is 19.4 Å². The Morgan fingerprint density at radius 1 is 1.50 bits per heavy atom. The first-order valence-electron chi connectivity index (χ1n) is 3.95. The Morgan fingerprint density at radius 2 is 2.20 bits per heavy atom. The van der Waals surface area contributed by atoms with Gasteiger partial charge in [-0.05, 0) is 25.3 Å². The third-order valence-electron chi connectivity index (χ3n) is 1.96. The molecule has 1 heterocycles. The Balaban J connectivity index is 2.41. The monoisotopic (exact) mass is 143 g/mol. The van der Waals surface area contributed by atoms with E-state index in [1.807, 2.05) is 0 Å². The third kappa shape index (κ3) is 2.27. The largest absolute Gasteiger partial charge is 0.363 e. The van der Waals surface area contributed by atoms with Gasteiger partial charge in [-0.2, -0.15) is 0 Å². The fourth-order valence-corrected chi connectivity index (χ4v) is 1.10. The van der Waals surface area contributed by atoms with Crippen LogP contribution in [0.25, 0.3) is 0 Å². The summed E-state index contributed by atoms with van der Waals surface area (Å²) in [5.41, 5.74) is 0.359. The van der Waals surface area contributed by atoms with Crippen LogP contribution in [0.15, 0.2) is 0 Å². The van der Waals surface area contributed by atoms with E-state index in [1.54, 1.807) is 0 Å². The van der Waals surface area contributed by atoms with Crippen molar-refractivity contribution in [3.8, 4) is 0 Å². The smallest absolute Gasteiger partial charge is 0.105 e. The number of nitrogens with one attached hydrogen (secondary N) is 1. The summed E-state index contributed by atoms with van der Waals surface area (Å²) in [7, 11) is 0. The molecule has 1 rings (SSSR count). The van der Waals surface area contributed by atoms with Crippen molar-refractivity contribution in [2.45, 2.75) is 33.4 Å². The number of ether oxygens (including phenoxy) is 1. The van der Waals surface area contributed by atoms with Crippen molar-refractivity contribution < 1.29 is 4.74 Å². The maximum absolute atomic E-state index is 5.51. The first-order valence-corrected chi connectivity index (χ1v) is 3.95. The lowest BCUT2D eigenvalue weighted by atomic mass is 9.91. The molecule has 0 aromatic carbocycles. The summed E-state index contributed by atoms with van der Waals surface area (Å²) >= 11 is 0. The van der Waals surface area contributed by atoms with E-state index in [2.05, 4.69) is 26.1 Å². The second-order valence-electron chi connectivity index (χ2n) is 3.82. The summed E-state index contributed by atoms with van der Waals surface area (Å²) < 4.78 is 5.51. The summed E-state index contributed by atoms with van der Waals surface area (Å²) in [6.07, 6.45) is 1.44. The van der Waals surface area contributed by atoms with Crippen molar-refractivity contribution in [3.05, 3.63) is 0 Å². The van der Waals surface area contributed by atoms with Crippen LogP contribution in [0.5, 0.6) is 0 Å². The maximum atomic E-state index is 5.51. The fourth-order valence-electron chi connectivity index (χ4n) is 1.10. The van der Waals surface area contributed by atoms with Crippen LogP contribution in [-0.2, 0) is 4.74 Å². The van der Waals surface area contributed by atoms with Gasteiger partial charge >= 0.3 is 0 Å². The Labute approximate surface area is 63.0 Å². The minimum Gasteiger partial charge on any atom is -0.363 e. The Morgan fingerprint density at radius 3 is 2.90 bits per heavy atom. The highest BCUT2D eigenvalue weighted by atomic mass is 16.5. The van der Waals surface area contributed by atoms with Gasteiger partial charge in [0.05, 0.1) is 6.61 Å². The molecule has 0 spiro atoms. The van der Waals surface area contributed by atoms with Gasteiger partial charge in [0, 0.05) is 0 Å². The Bertz CT molecular complexity index is 112. The van der Waals surface area contributed by atoms with Crippen LogP contribution in [0, 0.1) is 5.41 Å². The first-order chi connectivity index (χ1) is 4.60. The molecule has 1 saturated heterocycles. The molecule has 0 aromatic rings. The topological polar surface area (TPSA) is 21.3 Å². The van der Waals surface area contributed by atoms with Gasteiger partial charge in [-0.1, -0.05) is 13.8 Å². The van der Waals surface area contributed by atoms with Crippen LogP contribution in [0.2, 0.25) is 0 Å². The molecule has 0 radical (unpaired) electrons. The zero-order valence-electron chi connectivity index (χ0n) is 7.11. The van der Waals surface area contributed by atoms with E-state index in [0.29, 0.717) is 5.41 Å². The highest BCUT2D eigenvalue weighted by Gasteiger charge is 2.22. The second kappa shape index (κ2) is 2.89. The van der Waals surface area contributed by atoms with Crippen LogP contribution in [0.3, 0.4) is 0 Å². The van der Waals surface area contributed by atoms with Crippen molar-refractivity contribution >= 4 is 0 Å². The minimum atomic E-state index is 0.238. The molecule has 1 fully saturated rings. The standard InChI is InChI=1S/C8H17NO/c1-7-9-5-4-8(2,3)6-10-7/h7,9H,4-6H2,1-3H3. The van der Waals surface area contributed by atoms with Gasteiger partial charge in [0.25, 0.3) is 0 Å². The van der Waals surface area contributed by atoms with Gasteiger partial charge in [0.15, 0.2) is 0 Å². The molecule has 0 amide bonds. The molecule has 1 aliphatic rings. The molecule has 1 unspecified atom stereocenters. The van der Waals surface area contributed by atoms with E-state index in [-0.39, 0.29) is 6.23 Å². The SMILES string of the molecule is CC1NCCC(C)(C)CO1. The number of hydrogen-bond donors (Lipinski definition) is 1. The predicted molar refractivity (Wildman–Crippen MR) is 41.8 cm³/mol. The predicted octanol–water partition coefficient (Wildman–Crippen LogP) is 1.37. The molecule has 0 aromatic heterocycles. The van der Waals surface area contributed by atoms with Crippen LogP contribution >= 0.6 is 0 Å². The highest BCUT2D eigenvalue weighted by molar-refractivity contribution is 4.72.